The summed E-state index contributed by atoms with van der Waals surface area (Å²) in [5.74, 6) is -0.511. The second kappa shape index (κ2) is 14.2. The van der Waals surface area contributed by atoms with Crippen molar-refractivity contribution in [1.29, 1.82) is 0 Å². The number of para-hydroxylation sites is 1. The number of ether oxygens (including phenoxy) is 2. The normalized spacial score (nSPS) is 27.6. The Kier molecular flexibility index (Phi) is 10.4. The Morgan fingerprint density at radius 3 is 1.90 bits per heavy atom. The zero-order chi connectivity index (χ0) is 29.5. The third-order valence-electron chi connectivity index (χ3n) is 9.29. The zero-order valence-corrected chi connectivity index (χ0v) is 25.1. The molecule has 0 bridgehead atoms. The lowest BCUT2D eigenvalue weighted by molar-refractivity contribution is -0.156. The van der Waals surface area contributed by atoms with E-state index in [0.717, 1.165) is 62.5 Å². The Labute approximate surface area is 248 Å². The summed E-state index contributed by atoms with van der Waals surface area (Å²) in [7, 11) is -3.59. The second-order valence-corrected chi connectivity index (χ2v) is 14.7. The maximum atomic E-state index is 14.5. The van der Waals surface area contributed by atoms with Gasteiger partial charge in [0, 0.05) is 18.8 Å². The minimum atomic E-state index is -3.59. The zero-order valence-electron chi connectivity index (χ0n) is 24.2. The van der Waals surface area contributed by atoms with Gasteiger partial charge < -0.3 is 24.2 Å². The fraction of sp³-hybridized carbons (Fsp3) is 0.576. The number of aliphatic hydroxyl groups excluding tert-OH is 2. The maximum Gasteiger partial charge on any atom is 0.310 e. The van der Waals surface area contributed by atoms with Crippen molar-refractivity contribution < 1.29 is 38.4 Å². The minimum absolute atomic E-state index is 0.162. The summed E-state index contributed by atoms with van der Waals surface area (Å²) >= 11 is 0. The van der Waals surface area contributed by atoms with Crippen LogP contribution in [-0.4, -0.2) is 54.7 Å². The van der Waals surface area contributed by atoms with Crippen LogP contribution in [-0.2, 0) is 23.6 Å². The Morgan fingerprint density at radius 1 is 0.762 bits per heavy atom. The molecule has 0 spiro atoms. The van der Waals surface area contributed by atoms with Gasteiger partial charge in [0.2, 0.25) is 0 Å². The lowest BCUT2D eigenvalue weighted by atomic mass is 9.83. The number of carbonyl (C=O) groups excluding carboxylic acids is 2. The van der Waals surface area contributed by atoms with E-state index < -0.39 is 25.2 Å². The van der Waals surface area contributed by atoms with Crippen LogP contribution in [0.2, 0.25) is 0 Å². The fourth-order valence-electron chi connectivity index (χ4n) is 6.57. The maximum absolute atomic E-state index is 14.5. The molecule has 228 valence electrons. The molecule has 0 aromatic heterocycles. The first-order valence-electron chi connectivity index (χ1n) is 15.4. The third-order valence-corrected chi connectivity index (χ3v) is 11.8. The van der Waals surface area contributed by atoms with E-state index in [9.17, 15) is 24.4 Å². The molecule has 0 amide bonds. The Morgan fingerprint density at radius 2 is 1.29 bits per heavy atom. The van der Waals surface area contributed by atoms with E-state index in [-0.39, 0.29) is 50.8 Å². The van der Waals surface area contributed by atoms with Crippen LogP contribution in [0.1, 0.15) is 57.8 Å². The summed E-state index contributed by atoms with van der Waals surface area (Å²) in [6.07, 6.45) is 6.74. The molecule has 5 rings (SSSR count). The van der Waals surface area contributed by atoms with E-state index in [1.54, 1.807) is 18.2 Å². The lowest BCUT2D eigenvalue weighted by Gasteiger charge is -2.31. The van der Waals surface area contributed by atoms with Crippen molar-refractivity contribution in [2.75, 3.05) is 32.6 Å². The van der Waals surface area contributed by atoms with Gasteiger partial charge in [0.15, 0.2) is 0 Å². The SMILES string of the molecule is O=C(CC(CP1(=O)Oc2ccccc2-c2ccccc21)C(=O)OCC1CCC(CO)CC1)OCC1CCC(CO)CC1. The van der Waals surface area contributed by atoms with Crippen LogP contribution >= 0.6 is 7.37 Å². The molecular formula is C33H43O8P. The van der Waals surface area contributed by atoms with E-state index >= 15 is 0 Å². The standard InChI is InChI=1S/C33H43O8P/c34-18-23-9-13-25(14-10-23)20-39-32(36)17-27(33(37)40-21-26-15-11-24(19-35)12-16-26)22-42(38)31-8-4-2-6-29(31)28-5-1-3-7-30(28)41-42/h1-8,23-27,34-35H,9-22H2. The molecular weight excluding hydrogens is 555 g/mol. The third kappa shape index (κ3) is 7.45. The Balaban J connectivity index is 1.28. The first kappa shape index (κ1) is 30.8. The molecule has 2 atom stereocenters. The first-order valence-corrected chi connectivity index (χ1v) is 17.2. The van der Waals surface area contributed by atoms with Crippen LogP contribution in [0.25, 0.3) is 11.1 Å². The van der Waals surface area contributed by atoms with E-state index in [2.05, 4.69) is 0 Å². The van der Waals surface area contributed by atoms with Crippen molar-refractivity contribution in [2.45, 2.75) is 57.8 Å². The van der Waals surface area contributed by atoms with Crippen LogP contribution in [0.3, 0.4) is 0 Å². The molecule has 0 radical (unpaired) electrons. The topological polar surface area (TPSA) is 119 Å². The van der Waals surface area contributed by atoms with Gasteiger partial charge in [0.1, 0.15) is 5.75 Å². The average molecular weight is 599 g/mol. The molecule has 2 aromatic carbocycles. The van der Waals surface area contributed by atoms with Crippen molar-refractivity contribution in [3.63, 3.8) is 0 Å². The van der Waals surface area contributed by atoms with Gasteiger partial charge in [0.05, 0.1) is 37.0 Å². The van der Waals surface area contributed by atoms with Gasteiger partial charge in [-0.3, -0.25) is 14.2 Å². The van der Waals surface area contributed by atoms with Gasteiger partial charge in [-0.15, -0.1) is 0 Å². The fourth-order valence-corrected chi connectivity index (χ4v) is 9.15. The highest BCUT2D eigenvalue weighted by molar-refractivity contribution is 7.67. The Bertz CT molecular complexity index is 1260. The smallest absolute Gasteiger partial charge is 0.310 e. The molecule has 2 fully saturated rings. The summed E-state index contributed by atoms with van der Waals surface area (Å²) in [4.78, 5) is 26.6. The lowest BCUT2D eigenvalue weighted by Crippen LogP contribution is -2.31. The van der Waals surface area contributed by atoms with E-state index in [0.29, 0.717) is 22.9 Å². The monoisotopic (exact) mass is 598 g/mol. The van der Waals surface area contributed by atoms with Crippen LogP contribution in [0.5, 0.6) is 5.75 Å². The molecule has 2 saturated carbocycles. The molecule has 3 aliphatic rings. The van der Waals surface area contributed by atoms with Gasteiger partial charge in [-0.1, -0.05) is 36.4 Å². The predicted octanol–water partition coefficient (Wildman–Crippen LogP) is 5.34. The van der Waals surface area contributed by atoms with Crippen LogP contribution in [0.4, 0.5) is 0 Å². The molecule has 2 N–H and O–H groups in total. The number of carbonyl (C=O) groups is 2. The summed E-state index contributed by atoms with van der Waals surface area (Å²) < 4.78 is 32.1. The van der Waals surface area contributed by atoms with Crippen molar-refractivity contribution in [1.82, 2.24) is 0 Å². The summed E-state index contributed by atoms with van der Waals surface area (Å²) in [6, 6.07) is 14.8. The molecule has 9 heteroatoms. The molecule has 8 nitrogen and oxygen atoms in total. The molecule has 2 aliphatic carbocycles. The number of hydrogen-bond acceptors (Lipinski definition) is 8. The van der Waals surface area contributed by atoms with Gasteiger partial charge in [0.25, 0.3) is 7.37 Å². The van der Waals surface area contributed by atoms with E-state index in [1.165, 1.54) is 0 Å². The molecule has 1 heterocycles. The highest BCUT2D eigenvalue weighted by Gasteiger charge is 2.41. The highest BCUT2D eigenvalue weighted by atomic mass is 31.2. The number of hydrogen-bond donors (Lipinski definition) is 2. The van der Waals surface area contributed by atoms with Crippen molar-refractivity contribution in [3.05, 3.63) is 48.5 Å². The number of esters is 2. The first-order chi connectivity index (χ1) is 20.4. The number of aliphatic hydroxyl groups is 2. The molecule has 2 aromatic rings. The van der Waals surface area contributed by atoms with Crippen LogP contribution in [0.15, 0.2) is 48.5 Å². The molecule has 42 heavy (non-hydrogen) atoms. The number of rotatable bonds is 11. The second-order valence-electron chi connectivity index (χ2n) is 12.3. The summed E-state index contributed by atoms with van der Waals surface area (Å²) in [5.41, 5.74) is 1.64. The quantitative estimate of drug-likeness (QED) is 0.263. The van der Waals surface area contributed by atoms with E-state index in [1.807, 2.05) is 30.3 Å². The van der Waals surface area contributed by atoms with Crippen LogP contribution < -0.4 is 9.83 Å². The predicted molar refractivity (Wildman–Crippen MR) is 160 cm³/mol. The van der Waals surface area contributed by atoms with E-state index in [4.69, 9.17) is 14.0 Å². The molecule has 2 unspecified atom stereocenters. The van der Waals surface area contributed by atoms with Gasteiger partial charge >= 0.3 is 11.9 Å². The average Bonchev–Trinajstić information content (AvgIpc) is 3.03. The van der Waals surface area contributed by atoms with Gasteiger partial charge in [-0.25, -0.2) is 0 Å². The number of fused-ring (bicyclic) bond motifs is 3. The minimum Gasteiger partial charge on any atom is -0.465 e. The van der Waals surface area contributed by atoms with Crippen molar-refractivity contribution >= 4 is 24.6 Å². The van der Waals surface area contributed by atoms with Gasteiger partial charge in [-0.2, -0.15) is 0 Å². The summed E-state index contributed by atoms with van der Waals surface area (Å²) in [5, 5.41) is 19.4. The highest BCUT2D eigenvalue weighted by Crippen LogP contribution is 2.55. The van der Waals surface area contributed by atoms with Crippen LogP contribution in [0, 0.1) is 29.6 Å². The Hall–Kier alpha value is -2.67. The summed E-state index contributed by atoms with van der Waals surface area (Å²) in [6.45, 7) is 0.882. The largest absolute Gasteiger partial charge is 0.465 e. The number of benzene rings is 2. The van der Waals surface area contributed by atoms with Gasteiger partial charge in [-0.05, 0) is 92.7 Å². The molecule has 1 aliphatic heterocycles. The molecule has 0 saturated heterocycles. The van der Waals surface area contributed by atoms with Crippen molar-refractivity contribution in [3.8, 4) is 16.9 Å². The van der Waals surface area contributed by atoms with Crippen molar-refractivity contribution in [2.24, 2.45) is 29.6 Å².